The van der Waals surface area contributed by atoms with Gasteiger partial charge in [-0.15, -0.1) is 0 Å². The smallest absolute Gasteiger partial charge is 0.241 e. The second-order valence-corrected chi connectivity index (χ2v) is 12.5. The molecule has 6 heterocycles. The molecule has 6 aliphatic heterocycles. The maximum atomic E-state index is 14.3. The molecule has 1 aromatic rings. The number of hydrogen-bond acceptors (Lipinski definition) is 5. The van der Waals surface area contributed by atoms with Crippen molar-refractivity contribution in [1.29, 1.82) is 0 Å². The van der Waals surface area contributed by atoms with Gasteiger partial charge in [0.1, 0.15) is 16.6 Å². The first-order valence-corrected chi connectivity index (χ1v) is 12.7. The summed E-state index contributed by atoms with van der Waals surface area (Å²) in [4.78, 5) is 30.4. The van der Waals surface area contributed by atoms with Gasteiger partial charge in [-0.25, -0.2) is 0 Å². The van der Waals surface area contributed by atoms with Gasteiger partial charge in [-0.1, -0.05) is 19.9 Å². The van der Waals surface area contributed by atoms with Crippen LogP contribution in [0, 0.1) is 11.3 Å². The third kappa shape index (κ3) is 2.11. The number of hydrogen-bond donors (Lipinski definition) is 2. The Balaban J connectivity index is 1.45. The van der Waals surface area contributed by atoms with Crippen LogP contribution in [0.25, 0.3) is 0 Å². The number of benzene rings is 1. The van der Waals surface area contributed by atoms with Gasteiger partial charge in [0.05, 0.1) is 17.5 Å². The normalized spacial score (nSPS) is 40.3. The van der Waals surface area contributed by atoms with Crippen LogP contribution >= 0.6 is 0 Å². The Morgan fingerprint density at radius 1 is 1.06 bits per heavy atom. The van der Waals surface area contributed by atoms with Crippen molar-refractivity contribution in [3.05, 3.63) is 30.0 Å². The molecule has 0 aromatic heterocycles. The van der Waals surface area contributed by atoms with E-state index in [9.17, 15) is 9.59 Å². The van der Waals surface area contributed by atoms with E-state index >= 15 is 0 Å². The van der Waals surface area contributed by atoms with Gasteiger partial charge in [-0.3, -0.25) is 14.5 Å². The molecule has 4 unspecified atom stereocenters. The summed E-state index contributed by atoms with van der Waals surface area (Å²) in [5, 5.41) is 6.73. The standard InChI is InChI=1S/C27H33N3O4/c1-23(2)13-16-14-25-9-5-6-11-30(25)15-26(16,29-21(25)31)27(23)17-7-8-18-20(19(17)28-22(27)32)33-12-10-24(3,4)34-18/h7-8,10,12,16H,5-6,9,11,13-15H2,1-4H3,(H,28,32)(H,29,31). The fraction of sp³-hybridized carbons (Fsp3) is 0.630. The maximum absolute atomic E-state index is 14.3. The van der Waals surface area contributed by atoms with E-state index in [0.29, 0.717) is 17.2 Å². The Kier molecular flexibility index (Phi) is 3.66. The monoisotopic (exact) mass is 463 g/mol. The number of carbonyl (C=O) groups is 2. The van der Waals surface area contributed by atoms with Crippen LogP contribution in [0.15, 0.2) is 24.5 Å². The van der Waals surface area contributed by atoms with Crippen LogP contribution in [-0.4, -0.2) is 46.5 Å². The van der Waals surface area contributed by atoms with E-state index in [1.54, 1.807) is 6.26 Å². The van der Waals surface area contributed by atoms with E-state index in [2.05, 4.69) is 29.4 Å². The van der Waals surface area contributed by atoms with Gasteiger partial charge in [0.2, 0.25) is 11.8 Å². The number of carbonyl (C=O) groups excluding carboxylic acids is 2. The van der Waals surface area contributed by atoms with Gasteiger partial charge in [0, 0.05) is 6.54 Å². The predicted molar refractivity (Wildman–Crippen MR) is 127 cm³/mol. The first-order valence-electron chi connectivity index (χ1n) is 12.7. The molecule has 4 saturated heterocycles. The number of amides is 2. The SMILES string of the molecule is CC1(C)C=COc2c(ccc3c2NC(=O)C32C(C)(C)CC3CC45CCCCN4CC32NC5=O)O1. The lowest BCUT2D eigenvalue weighted by Gasteiger charge is -2.65. The Morgan fingerprint density at radius 3 is 2.71 bits per heavy atom. The van der Waals surface area contributed by atoms with Gasteiger partial charge < -0.3 is 20.1 Å². The van der Waals surface area contributed by atoms with Crippen molar-refractivity contribution in [2.24, 2.45) is 11.3 Å². The lowest BCUT2D eigenvalue weighted by Crippen LogP contribution is -2.85. The number of nitrogens with zero attached hydrogens (tertiary/aromatic N) is 1. The molecule has 8 rings (SSSR count). The molecule has 7 aliphatic rings. The van der Waals surface area contributed by atoms with Crippen LogP contribution in [0.2, 0.25) is 0 Å². The van der Waals surface area contributed by atoms with E-state index in [0.717, 1.165) is 50.8 Å². The lowest BCUT2D eigenvalue weighted by atomic mass is 9.53. The van der Waals surface area contributed by atoms with Gasteiger partial charge in [0.15, 0.2) is 11.5 Å². The molecule has 7 heteroatoms. The van der Waals surface area contributed by atoms with Crippen molar-refractivity contribution in [1.82, 2.24) is 10.2 Å². The van der Waals surface area contributed by atoms with Gasteiger partial charge in [-0.05, 0) is 81.5 Å². The molecule has 1 saturated carbocycles. The number of anilines is 1. The topological polar surface area (TPSA) is 79.9 Å². The highest BCUT2D eigenvalue weighted by molar-refractivity contribution is 6.11. The molecule has 5 fully saturated rings. The zero-order chi connectivity index (χ0) is 23.7. The maximum Gasteiger partial charge on any atom is 0.241 e. The lowest BCUT2D eigenvalue weighted by molar-refractivity contribution is -0.170. The summed E-state index contributed by atoms with van der Waals surface area (Å²) in [6.07, 6.45) is 8.38. The Bertz CT molecular complexity index is 1190. The molecule has 34 heavy (non-hydrogen) atoms. The Labute approximate surface area is 200 Å². The van der Waals surface area contributed by atoms with Crippen LogP contribution in [0.1, 0.15) is 65.4 Å². The molecule has 2 amide bonds. The van der Waals surface area contributed by atoms with E-state index in [4.69, 9.17) is 9.47 Å². The van der Waals surface area contributed by atoms with Gasteiger partial charge in [-0.2, -0.15) is 0 Å². The van der Waals surface area contributed by atoms with E-state index in [1.807, 2.05) is 32.1 Å². The molecule has 3 spiro atoms. The number of ether oxygens (including phenoxy) is 2. The van der Waals surface area contributed by atoms with Crippen molar-refractivity contribution in [2.45, 2.75) is 81.9 Å². The van der Waals surface area contributed by atoms with Crippen molar-refractivity contribution < 1.29 is 19.1 Å². The van der Waals surface area contributed by atoms with E-state index in [1.165, 1.54) is 0 Å². The summed E-state index contributed by atoms with van der Waals surface area (Å²) in [6.45, 7) is 10.0. The second kappa shape index (κ2) is 5.99. The minimum absolute atomic E-state index is 0.0359. The zero-order valence-corrected chi connectivity index (χ0v) is 20.4. The quantitative estimate of drug-likeness (QED) is 0.616. The van der Waals surface area contributed by atoms with Crippen molar-refractivity contribution in [3.63, 3.8) is 0 Å². The fourth-order valence-corrected chi connectivity index (χ4v) is 8.74. The first kappa shape index (κ1) is 20.8. The predicted octanol–water partition coefficient (Wildman–Crippen LogP) is 3.48. The molecule has 2 N–H and O–H groups in total. The second-order valence-electron chi connectivity index (χ2n) is 12.5. The van der Waals surface area contributed by atoms with Crippen LogP contribution in [0.5, 0.6) is 11.5 Å². The summed E-state index contributed by atoms with van der Waals surface area (Å²) >= 11 is 0. The van der Waals surface area contributed by atoms with E-state index in [-0.39, 0.29) is 23.1 Å². The highest BCUT2D eigenvalue weighted by Gasteiger charge is 2.80. The molecule has 2 bridgehead atoms. The third-order valence-electron chi connectivity index (χ3n) is 9.93. The molecule has 180 valence electrons. The number of fused-ring (bicyclic) bond motifs is 5. The molecular weight excluding hydrogens is 430 g/mol. The summed E-state index contributed by atoms with van der Waals surface area (Å²) in [7, 11) is 0. The van der Waals surface area contributed by atoms with Crippen LogP contribution in [0.4, 0.5) is 5.69 Å². The molecule has 1 aliphatic carbocycles. The highest BCUT2D eigenvalue weighted by atomic mass is 16.5. The van der Waals surface area contributed by atoms with Gasteiger partial charge in [0.25, 0.3) is 0 Å². The summed E-state index contributed by atoms with van der Waals surface area (Å²) in [5.41, 5.74) is -1.19. The Hall–Kier alpha value is -2.54. The van der Waals surface area contributed by atoms with E-state index < -0.39 is 22.1 Å². The molecule has 7 nitrogen and oxygen atoms in total. The minimum atomic E-state index is -0.885. The van der Waals surface area contributed by atoms with Crippen LogP contribution < -0.4 is 20.1 Å². The zero-order valence-electron chi connectivity index (χ0n) is 20.4. The molecule has 0 radical (unpaired) electrons. The first-order chi connectivity index (χ1) is 16.1. The minimum Gasteiger partial charge on any atom is -0.480 e. The third-order valence-corrected chi connectivity index (χ3v) is 9.93. The van der Waals surface area contributed by atoms with Crippen LogP contribution in [-0.2, 0) is 15.0 Å². The van der Waals surface area contributed by atoms with Crippen molar-refractivity contribution in [2.75, 3.05) is 18.4 Å². The van der Waals surface area contributed by atoms with Crippen molar-refractivity contribution in [3.8, 4) is 11.5 Å². The average Bonchev–Trinajstić information content (AvgIpc) is 3.10. The molecule has 1 aromatic carbocycles. The average molecular weight is 464 g/mol. The van der Waals surface area contributed by atoms with Crippen LogP contribution in [0.3, 0.4) is 0 Å². The number of rotatable bonds is 0. The number of nitrogens with one attached hydrogen (secondary N) is 2. The Morgan fingerprint density at radius 2 is 1.88 bits per heavy atom. The fourth-order valence-electron chi connectivity index (χ4n) is 8.74. The van der Waals surface area contributed by atoms with Crippen molar-refractivity contribution >= 4 is 17.5 Å². The summed E-state index contributed by atoms with van der Waals surface area (Å²) in [6, 6.07) is 3.97. The molecular formula is C27H33N3O4. The highest BCUT2D eigenvalue weighted by Crippen LogP contribution is 2.71. The largest absolute Gasteiger partial charge is 0.480 e. The summed E-state index contributed by atoms with van der Waals surface area (Å²) < 4.78 is 12.3. The number of piperazine rings is 1. The number of piperidine rings is 3. The summed E-state index contributed by atoms with van der Waals surface area (Å²) in [5.74, 6) is 1.49. The van der Waals surface area contributed by atoms with Gasteiger partial charge >= 0.3 is 0 Å². The molecule has 4 atom stereocenters.